The second-order valence-corrected chi connectivity index (χ2v) is 5.60. The van der Waals surface area contributed by atoms with Crippen molar-refractivity contribution in [1.82, 2.24) is 13.6 Å². The highest BCUT2D eigenvalue weighted by atomic mass is 32.1. The van der Waals surface area contributed by atoms with Crippen molar-refractivity contribution in [3.05, 3.63) is 18.3 Å². The third kappa shape index (κ3) is 2.94. The number of aromatic nitrogens is 2. The number of hydrogen-bond acceptors (Lipinski definition) is 5. The summed E-state index contributed by atoms with van der Waals surface area (Å²) in [6.45, 7) is 1.47. The third-order valence-electron chi connectivity index (χ3n) is 3.70. The number of ether oxygens (including phenoxy) is 1. The van der Waals surface area contributed by atoms with Crippen LogP contribution in [0.5, 0.6) is 5.88 Å². The van der Waals surface area contributed by atoms with Gasteiger partial charge in [0.25, 0.3) is 0 Å². The van der Waals surface area contributed by atoms with E-state index in [4.69, 9.17) is 4.74 Å². The molecule has 102 valence electrons. The van der Waals surface area contributed by atoms with Crippen molar-refractivity contribution in [3.63, 3.8) is 0 Å². The zero-order chi connectivity index (χ0) is 13.1. The Morgan fingerprint density at radius 2 is 2.37 bits per heavy atom. The van der Waals surface area contributed by atoms with Crippen molar-refractivity contribution in [2.24, 2.45) is 5.92 Å². The first kappa shape index (κ1) is 12.6. The van der Waals surface area contributed by atoms with E-state index in [0.717, 1.165) is 44.0 Å². The van der Waals surface area contributed by atoms with Crippen LogP contribution in [0.25, 0.3) is 0 Å². The lowest BCUT2D eigenvalue weighted by molar-refractivity contribution is -0.135. The van der Waals surface area contributed by atoms with Crippen LogP contribution < -0.4 is 4.74 Å². The minimum atomic E-state index is 0.0620. The molecule has 1 aromatic rings. The van der Waals surface area contributed by atoms with Gasteiger partial charge in [-0.25, -0.2) is 0 Å². The Bertz CT molecular complexity index is 460. The van der Waals surface area contributed by atoms with Gasteiger partial charge in [0, 0.05) is 18.9 Å². The van der Waals surface area contributed by atoms with Gasteiger partial charge in [0.15, 0.2) is 0 Å². The van der Waals surface area contributed by atoms with Crippen LogP contribution in [0.3, 0.4) is 0 Å². The maximum atomic E-state index is 12.4. The molecular weight excluding hydrogens is 262 g/mol. The molecule has 1 amide bonds. The molecule has 0 N–H and O–H groups in total. The Morgan fingerprint density at radius 3 is 3.11 bits per heavy atom. The van der Waals surface area contributed by atoms with Crippen molar-refractivity contribution >= 4 is 17.6 Å². The average Bonchev–Trinajstić information content (AvgIpc) is 3.11. The number of rotatable bonds is 3. The maximum Gasteiger partial charge on any atom is 0.246 e. The largest absolute Gasteiger partial charge is 0.471 e. The fourth-order valence-electron chi connectivity index (χ4n) is 2.68. The van der Waals surface area contributed by atoms with Gasteiger partial charge in [0.2, 0.25) is 11.8 Å². The van der Waals surface area contributed by atoms with Gasteiger partial charge >= 0.3 is 0 Å². The lowest BCUT2D eigenvalue weighted by atomic mass is 9.93. The lowest BCUT2D eigenvalue weighted by Gasteiger charge is -2.24. The molecule has 1 aliphatic carbocycles. The third-order valence-corrected chi connectivity index (χ3v) is 4.16. The van der Waals surface area contributed by atoms with Crippen molar-refractivity contribution in [2.45, 2.75) is 31.8 Å². The van der Waals surface area contributed by atoms with Crippen molar-refractivity contribution in [1.29, 1.82) is 0 Å². The van der Waals surface area contributed by atoms with E-state index in [2.05, 4.69) is 20.9 Å². The standard InChI is InChI=1S/C13H17N3O2S/c17-13(10-4-2-1-3-5-10)16-7-6-11(9-16)18-12-8-14-19-15-12/h1-2,8,10-11H,3-7,9H2. The van der Waals surface area contributed by atoms with Crippen molar-refractivity contribution in [3.8, 4) is 5.88 Å². The molecule has 2 heterocycles. The molecule has 0 spiro atoms. The van der Waals surface area contributed by atoms with Gasteiger partial charge in [-0.1, -0.05) is 12.2 Å². The van der Waals surface area contributed by atoms with Gasteiger partial charge in [-0.15, -0.1) is 4.37 Å². The summed E-state index contributed by atoms with van der Waals surface area (Å²) in [4.78, 5) is 14.3. The van der Waals surface area contributed by atoms with Crippen LogP contribution in [-0.4, -0.2) is 38.7 Å². The number of carbonyl (C=O) groups excluding carboxylic acids is 1. The van der Waals surface area contributed by atoms with Crippen LogP contribution in [0.4, 0.5) is 0 Å². The lowest BCUT2D eigenvalue weighted by Crippen LogP contribution is -2.36. The fraction of sp³-hybridized carbons (Fsp3) is 0.615. The predicted octanol–water partition coefficient (Wildman–Crippen LogP) is 1.87. The summed E-state index contributed by atoms with van der Waals surface area (Å²) >= 11 is 1.14. The molecule has 5 nitrogen and oxygen atoms in total. The van der Waals surface area contributed by atoms with Crippen molar-refractivity contribution in [2.75, 3.05) is 13.1 Å². The maximum absolute atomic E-state index is 12.4. The second-order valence-electron chi connectivity index (χ2n) is 5.04. The van der Waals surface area contributed by atoms with E-state index < -0.39 is 0 Å². The van der Waals surface area contributed by atoms with Gasteiger partial charge in [-0.2, -0.15) is 4.37 Å². The summed E-state index contributed by atoms with van der Waals surface area (Å²) < 4.78 is 13.7. The van der Waals surface area contributed by atoms with Crippen LogP contribution in [-0.2, 0) is 4.79 Å². The second kappa shape index (κ2) is 5.69. The molecular formula is C13H17N3O2S. The Balaban J connectivity index is 1.53. The SMILES string of the molecule is O=C(C1CC=CCC1)N1CCC(Oc2cnsn2)C1. The molecule has 2 atom stereocenters. The summed E-state index contributed by atoms with van der Waals surface area (Å²) in [5.41, 5.74) is 0. The molecule has 1 aromatic heterocycles. The van der Waals surface area contributed by atoms with E-state index >= 15 is 0 Å². The van der Waals surface area contributed by atoms with Gasteiger partial charge in [0.05, 0.1) is 18.3 Å². The average molecular weight is 279 g/mol. The molecule has 2 aliphatic rings. The van der Waals surface area contributed by atoms with Crippen LogP contribution in [0, 0.1) is 5.92 Å². The molecule has 0 saturated carbocycles. The molecule has 6 heteroatoms. The molecule has 0 radical (unpaired) electrons. The van der Waals surface area contributed by atoms with E-state index in [1.807, 2.05) is 4.90 Å². The highest BCUT2D eigenvalue weighted by molar-refractivity contribution is 6.99. The van der Waals surface area contributed by atoms with Crippen molar-refractivity contribution < 1.29 is 9.53 Å². The van der Waals surface area contributed by atoms with Gasteiger partial charge in [-0.05, 0) is 19.3 Å². The van der Waals surface area contributed by atoms with Gasteiger partial charge < -0.3 is 9.64 Å². The number of allylic oxidation sites excluding steroid dienone is 2. The van der Waals surface area contributed by atoms with E-state index in [0.29, 0.717) is 12.4 Å². The van der Waals surface area contributed by atoms with E-state index in [-0.39, 0.29) is 17.9 Å². The minimum Gasteiger partial charge on any atom is -0.471 e. The highest BCUT2D eigenvalue weighted by Crippen LogP contribution is 2.24. The molecule has 1 aliphatic heterocycles. The Hall–Kier alpha value is -1.43. The Morgan fingerprint density at radius 1 is 1.42 bits per heavy atom. The van der Waals surface area contributed by atoms with E-state index in [1.54, 1.807) is 6.20 Å². The van der Waals surface area contributed by atoms with Crippen LogP contribution in [0.2, 0.25) is 0 Å². The normalized spacial score (nSPS) is 26.6. The zero-order valence-corrected chi connectivity index (χ0v) is 11.5. The first-order valence-corrected chi connectivity index (χ1v) is 7.44. The summed E-state index contributed by atoms with van der Waals surface area (Å²) in [6.07, 6.45) is 9.74. The van der Waals surface area contributed by atoms with Crippen LogP contribution in [0.1, 0.15) is 25.7 Å². The summed E-state index contributed by atoms with van der Waals surface area (Å²) in [5, 5.41) is 0. The topological polar surface area (TPSA) is 55.3 Å². The smallest absolute Gasteiger partial charge is 0.246 e. The van der Waals surface area contributed by atoms with E-state index in [9.17, 15) is 4.79 Å². The van der Waals surface area contributed by atoms with Gasteiger partial charge in [0.1, 0.15) is 12.3 Å². The monoisotopic (exact) mass is 279 g/mol. The first-order valence-electron chi connectivity index (χ1n) is 6.71. The molecule has 0 aromatic carbocycles. The molecule has 1 saturated heterocycles. The Labute approximate surface area is 116 Å². The Kier molecular flexibility index (Phi) is 3.77. The minimum absolute atomic E-state index is 0.0620. The highest BCUT2D eigenvalue weighted by Gasteiger charge is 2.31. The van der Waals surface area contributed by atoms with E-state index in [1.165, 1.54) is 0 Å². The quantitative estimate of drug-likeness (QED) is 0.793. The molecule has 1 fully saturated rings. The molecule has 0 bridgehead atoms. The van der Waals surface area contributed by atoms with Crippen LogP contribution >= 0.6 is 11.7 Å². The number of nitrogens with zero attached hydrogens (tertiary/aromatic N) is 3. The number of amides is 1. The fourth-order valence-corrected chi connectivity index (χ4v) is 3.03. The first-order chi connectivity index (χ1) is 9.33. The number of hydrogen-bond donors (Lipinski definition) is 0. The molecule has 19 heavy (non-hydrogen) atoms. The molecule has 3 rings (SSSR count). The summed E-state index contributed by atoms with van der Waals surface area (Å²) in [7, 11) is 0. The summed E-state index contributed by atoms with van der Waals surface area (Å²) in [6, 6.07) is 0. The number of carbonyl (C=O) groups is 1. The predicted molar refractivity (Wildman–Crippen MR) is 72.0 cm³/mol. The summed E-state index contributed by atoms with van der Waals surface area (Å²) in [5.74, 6) is 1.03. The molecule has 2 unspecified atom stereocenters. The zero-order valence-electron chi connectivity index (χ0n) is 10.7. The van der Waals surface area contributed by atoms with Gasteiger partial charge in [-0.3, -0.25) is 4.79 Å². The van der Waals surface area contributed by atoms with Crippen LogP contribution in [0.15, 0.2) is 18.3 Å². The number of likely N-dealkylation sites (tertiary alicyclic amines) is 1.